The zero-order chi connectivity index (χ0) is 13.2. The first-order chi connectivity index (χ1) is 9.24. The van der Waals surface area contributed by atoms with Crippen molar-refractivity contribution in [1.82, 2.24) is 10.1 Å². The van der Waals surface area contributed by atoms with Crippen molar-refractivity contribution in [3.05, 3.63) is 35.7 Å². The standard InChI is InChI=1S/C12H10N2O4S/c15-10(16)6-19-12-13-11(14-18-12)8-5-17-9-4-2-1-3-7(8)9/h1-4,8H,5-6H2,(H,15,16). The molecular weight excluding hydrogens is 268 g/mol. The Morgan fingerprint density at radius 1 is 1.47 bits per heavy atom. The molecule has 0 bridgehead atoms. The van der Waals surface area contributed by atoms with Crippen LogP contribution in [0.3, 0.4) is 0 Å². The Labute approximate surface area is 112 Å². The lowest BCUT2D eigenvalue weighted by Gasteiger charge is -2.01. The maximum absolute atomic E-state index is 10.5. The number of carboxylic acids is 1. The smallest absolute Gasteiger partial charge is 0.314 e. The number of hydrogen-bond donors (Lipinski definition) is 1. The van der Waals surface area contributed by atoms with Gasteiger partial charge in [-0.25, -0.2) is 0 Å². The number of thioether (sulfide) groups is 1. The van der Waals surface area contributed by atoms with Crippen LogP contribution < -0.4 is 4.74 Å². The molecule has 1 aromatic heterocycles. The largest absolute Gasteiger partial charge is 0.492 e. The number of carbonyl (C=O) groups is 1. The Balaban J connectivity index is 1.79. The molecule has 1 unspecified atom stereocenters. The minimum absolute atomic E-state index is 0.0564. The van der Waals surface area contributed by atoms with Crippen molar-refractivity contribution in [2.75, 3.05) is 12.4 Å². The Hall–Kier alpha value is -2.02. The number of ether oxygens (including phenoxy) is 1. The third kappa shape index (κ3) is 2.41. The van der Waals surface area contributed by atoms with E-state index >= 15 is 0 Å². The van der Waals surface area contributed by atoms with Crippen LogP contribution in [0.25, 0.3) is 0 Å². The van der Waals surface area contributed by atoms with Crippen molar-refractivity contribution in [2.24, 2.45) is 0 Å². The molecule has 98 valence electrons. The van der Waals surface area contributed by atoms with Crippen molar-refractivity contribution in [3.8, 4) is 5.75 Å². The minimum Gasteiger partial charge on any atom is -0.492 e. The van der Waals surface area contributed by atoms with Gasteiger partial charge < -0.3 is 14.4 Å². The Kier molecular flexibility index (Phi) is 3.12. The summed E-state index contributed by atoms with van der Waals surface area (Å²) in [7, 11) is 0. The van der Waals surface area contributed by atoms with Gasteiger partial charge in [0.1, 0.15) is 18.1 Å². The molecule has 1 N–H and O–H groups in total. The van der Waals surface area contributed by atoms with Crippen molar-refractivity contribution in [3.63, 3.8) is 0 Å². The third-order valence-corrected chi connectivity index (χ3v) is 3.56. The number of rotatable bonds is 4. The molecule has 0 aliphatic carbocycles. The number of carboxylic acid groups (broad SMARTS) is 1. The number of benzene rings is 1. The van der Waals surface area contributed by atoms with Crippen LogP contribution in [-0.4, -0.2) is 33.6 Å². The molecule has 2 aromatic rings. The van der Waals surface area contributed by atoms with Gasteiger partial charge in [0.2, 0.25) is 0 Å². The number of para-hydroxylation sites is 1. The van der Waals surface area contributed by atoms with E-state index in [0.717, 1.165) is 23.1 Å². The van der Waals surface area contributed by atoms with Crippen molar-refractivity contribution >= 4 is 17.7 Å². The van der Waals surface area contributed by atoms with Crippen molar-refractivity contribution in [2.45, 2.75) is 11.1 Å². The molecule has 1 aliphatic heterocycles. The number of fused-ring (bicyclic) bond motifs is 1. The zero-order valence-corrected chi connectivity index (χ0v) is 10.6. The number of hydrogen-bond acceptors (Lipinski definition) is 6. The molecule has 0 saturated heterocycles. The van der Waals surface area contributed by atoms with E-state index in [4.69, 9.17) is 14.4 Å². The molecule has 19 heavy (non-hydrogen) atoms. The maximum atomic E-state index is 10.5. The van der Waals surface area contributed by atoms with E-state index in [2.05, 4.69) is 10.1 Å². The van der Waals surface area contributed by atoms with Crippen LogP contribution in [0.4, 0.5) is 0 Å². The van der Waals surface area contributed by atoms with Gasteiger partial charge in [0.15, 0.2) is 5.82 Å². The van der Waals surface area contributed by atoms with Crippen LogP contribution in [-0.2, 0) is 4.79 Å². The SMILES string of the molecule is O=C(O)CSc1nc(C2COc3ccccc32)no1. The summed E-state index contributed by atoms with van der Waals surface area (Å²) in [6, 6.07) is 7.70. The molecule has 3 rings (SSSR count). The first-order valence-corrected chi connectivity index (χ1v) is 6.62. The fourth-order valence-electron chi connectivity index (χ4n) is 1.92. The topological polar surface area (TPSA) is 85.5 Å². The molecule has 1 aliphatic rings. The second-order valence-electron chi connectivity index (χ2n) is 4.00. The second-order valence-corrected chi connectivity index (χ2v) is 4.93. The van der Waals surface area contributed by atoms with E-state index in [1.807, 2.05) is 24.3 Å². The summed E-state index contributed by atoms with van der Waals surface area (Å²) >= 11 is 1.01. The molecule has 2 heterocycles. The zero-order valence-electron chi connectivity index (χ0n) is 9.78. The van der Waals surface area contributed by atoms with Crippen LogP contribution in [0.5, 0.6) is 5.75 Å². The van der Waals surface area contributed by atoms with Gasteiger partial charge in [0, 0.05) is 5.56 Å². The summed E-state index contributed by atoms with van der Waals surface area (Å²) in [4.78, 5) is 14.7. The normalized spacial score (nSPS) is 16.9. The lowest BCUT2D eigenvalue weighted by molar-refractivity contribution is -0.133. The average Bonchev–Trinajstić information content (AvgIpc) is 3.02. The maximum Gasteiger partial charge on any atom is 0.314 e. The molecule has 0 fully saturated rings. The van der Waals surface area contributed by atoms with Gasteiger partial charge in [-0.2, -0.15) is 4.98 Å². The monoisotopic (exact) mass is 278 g/mol. The first kappa shape index (κ1) is 12.0. The van der Waals surface area contributed by atoms with Crippen molar-refractivity contribution < 1.29 is 19.2 Å². The molecule has 1 atom stereocenters. The van der Waals surface area contributed by atoms with E-state index in [9.17, 15) is 4.79 Å². The van der Waals surface area contributed by atoms with Crippen LogP contribution in [0.1, 0.15) is 17.3 Å². The predicted molar refractivity (Wildman–Crippen MR) is 66.4 cm³/mol. The van der Waals surface area contributed by atoms with Gasteiger partial charge in [-0.1, -0.05) is 35.1 Å². The van der Waals surface area contributed by atoms with Gasteiger partial charge in [-0.3, -0.25) is 4.79 Å². The molecular formula is C12H10N2O4S. The van der Waals surface area contributed by atoms with E-state index in [1.54, 1.807) is 0 Å². The lowest BCUT2D eigenvalue weighted by Crippen LogP contribution is -2.04. The number of nitrogens with zero attached hydrogens (tertiary/aromatic N) is 2. The molecule has 0 amide bonds. The van der Waals surface area contributed by atoms with Gasteiger partial charge in [-0.05, 0) is 6.07 Å². The summed E-state index contributed by atoms with van der Waals surface area (Å²) in [6.07, 6.45) is 0. The lowest BCUT2D eigenvalue weighted by atomic mass is 10.0. The molecule has 6 nitrogen and oxygen atoms in total. The van der Waals surface area contributed by atoms with Crippen LogP contribution in [0.2, 0.25) is 0 Å². The molecule has 7 heteroatoms. The Morgan fingerprint density at radius 2 is 2.32 bits per heavy atom. The van der Waals surface area contributed by atoms with Gasteiger partial charge >= 0.3 is 5.97 Å². The number of aliphatic carboxylic acids is 1. The van der Waals surface area contributed by atoms with Crippen LogP contribution in [0, 0.1) is 0 Å². The van der Waals surface area contributed by atoms with Crippen LogP contribution in [0.15, 0.2) is 34.0 Å². The minimum atomic E-state index is -0.917. The van der Waals surface area contributed by atoms with Crippen molar-refractivity contribution in [1.29, 1.82) is 0 Å². The predicted octanol–water partition coefficient (Wildman–Crippen LogP) is 1.77. The van der Waals surface area contributed by atoms with E-state index in [0.29, 0.717) is 12.4 Å². The van der Waals surface area contributed by atoms with Crippen LogP contribution >= 0.6 is 11.8 Å². The molecule has 0 saturated carbocycles. The van der Waals surface area contributed by atoms with E-state index in [-0.39, 0.29) is 16.9 Å². The molecule has 0 radical (unpaired) electrons. The first-order valence-electron chi connectivity index (χ1n) is 5.64. The summed E-state index contributed by atoms with van der Waals surface area (Å²) in [5.41, 5.74) is 1.03. The number of aromatic nitrogens is 2. The Bertz CT molecular complexity index is 613. The van der Waals surface area contributed by atoms with Gasteiger partial charge in [0.25, 0.3) is 5.22 Å². The third-order valence-electron chi connectivity index (χ3n) is 2.75. The summed E-state index contributed by atoms with van der Waals surface area (Å²) in [6.45, 7) is 0.474. The highest BCUT2D eigenvalue weighted by Gasteiger charge is 2.29. The quantitative estimate of drug-likeness (QED) is 0.853. The fraction of sp³-hybridized carbons (Fsp3) is 0.250. The highest BCUT2D eigenvalue weighted by molar-refractivity contribution is 7.99. The fourth-order valence-corrected chi connectivity index (χ4v) is 2.42. The summed E-state index contributed by atoms with van der Waals surface area (Å²) < 4.78 is 10.6. The second kappa shape index (κ2) is 4.93. The van der Waals surface area contributed by atoms with Gasteiger partial charge in [-0.15, -0.1) is 0 Å². The van der Waals surface area contributed by atoms with E-state index < -0.39 is 5.97 Å². The highest BCUT2D eigenvalue weighted by Crippen LogP contribution is 2.36. The summed E-state index contributed by atoms with van der Waals surface area (Å²) in [5, 5.41) is 12.8. The van der Waals surface area contributed by atoms with E-state index in [1.165, 1.54) is 0 Å². The highest BCUT2D eigenvalue weighted by atomic mass is 32.2. The molecule has 1 aromatic carbocycles. The average molecular weight is 278 g/mol. The Morgan fingerprint density at radius 3 is 3.16 bits per heavy atom. The summed E-state index contributed by atoms with van der Waals surface area (Å²) in [5.74, 6) is 0.285. The van der Waals surface area contributed by atoms with Gasteiger partial charge in [0.05, 0.1) is 5.92 Å². The molecule has 0 spiro atoms.